The molecule has 0 amide bonds. The van der Waals surface area contributed by atoms with Crippen LogP contribution in [0.1, 0.15) is 11.3 Å². The topological polar surface area (TPSA) is 48.0 Å². The smallest absolute Gasteiger partial charge is 0.191 e. The molecule has 0 saturated heterocycles. The summed E-state index contributed by atoms with van der Waals surface area (Å²) in [5.41, 5.74) is 3.24. The number of fused-ring (bicyclic) bond motifs is 1. The molecule has 0 atom stereocenters. The van der Waals surface area contributed by atoms with E-state index in [0.29, 0.717) is 0 Å². The van der Waals surface area contributed by atoms with Crippen LogP contribution in [0.4, 0.5) is 0 Å². The number of hydrogen-bond acceptors (Lipinski definition) is 5. The van der Waals surface area contributed by atoms with Crippen LogP contribution in [-0.2, 0) is 12.8 Å². The fourth-order valence-corrected chi connectivity index (χ4v) is 4.01. The van der Waals surface area contributed by atoms with E-state index < -0.39 is 0 Å². The molecule has 4 aromatic heterocycles. The predicted molar refractivity (Wildman–Crippen MR) is 93.8 cm³/mol. The van der Waals surface area contributed by atoms with Gasteiger partial charge in [0.05, 0.1) is 10.6 Å². The van der Waals surface area contributed by atoms with E-state index in [2.05, 4.69) is 45.2 Å². The van der Waals surface area contributed by atoms with Crippen molar-refractivity contribution in [3.8, 4) is 10.7 Å². The number of thiophene rings is 1. The molecule has 7 heteroatoms. The average Bonchev–Trinajstić information content (AvgIpc) is 3.25. The first kappa shape index (κ1) is 14.5. The van der Waals surface area contributed by atoms with Gasteiger partial charge in [-0.15, -0.1) is 21.5 Å². The van der Waals surface area contributed by atoms with Crippen LogP contribution in [0.15, 0.2) is 47.2 Å². The molecule has 0 spiro atoms. The Morgan fingerprint density at radius 1 is 1.22 bits per heavy atom. The van der Waals surface area contributed by atoms with Crippen LogP contribution in [0.5, 0.6) is 0 Å². The maximum Gasteiger partial charge on any atom is 0.191 e. The number of imidazole rings is 1. The number of aromatic nitrogens is 5. The van der Waals surface area contributed by atoms with E-state index in [1.807, 2.05) is 29.9 Å². The highest BCUT2D eigenvalue weighted by atomic mass is 32.2. The Kier molecular flexibility index (Phi) is 3.66. The van der Waals surface area contributed by atoms with E-state index in [-0.39, 0.29) is 0 Å². The van der Waals surface area contributed by atoms with E-state index in [1.165, 1.54) is 5.56 Å². The van der Waals surface area contributed by atoms with Gasteiger partial charge < -0.3 is 8.97 Å². The van der Waals surface area contributed by atoms with E-state index in [0.717, 1.165) is 33.0 Å². The molecule has 0 radical (unpaired) electrons. The summed E-state index contributed by atoms with van der Waals surface area (Å²) >= 11 is 3.33. The summed E-state index contributed by atoms with van der Waals surface area (Å²) in [7, 11) is 2.01. The molecule has 5 nitrogen and oxygen atoms in total. The molecular formula is C16H15N5S2. The van der Waals surface area contributed by atoms with E-state index in [1.54, 1.807) is 23.1 Å². The molecule has 116 valence electrons. The van der Waals surface area contributed by atoms with Crippen molar-refractivity contribution < 1.29 is 0 Å². The standard InChI is InChI=1S/C16H15N5S2/c1-11-5-3-7-21-9-12(17-14(11)21)10-23-16-19-18-15(20(16)2)13-6-4-8-22-13/h3-9H,10H2,1-2H3. The van der Waals surface area contributed by atoms with Crippen LogP contribution in [0, 0.1) is 6.92 Å². The SMILES string of the molecule is Cc1cccn2cc(CSc3nnc(-c4cccs4)n3C)nc12. The van der Waals surface area contributed by atoms with Crippen LogP contribution >= 0.6 is 23.1 Å². The van der Waals surface area contributed by atoms with Crippen molar-refractivity contribution in [2.75, 3.05) is 0 Å². The highest BCUT2D eigenvalue weighted by molar-refractivity contribution is 7.98. The normalized spacial score (nSPS) is 11.4. The van der Waals surface area contributed by atoms with Gasteiger partial charge in [-0.2, -0.15) is 0 Å². The molecule has 4 rings (SSSR count). The third-order valence-corrected chi connectivity index (χ3v) is 5.57. The molecule has 0 fully saturated rings. The van der Waals surface area contributed by atoms with Gasteiger partial charge in [-0.3, -0.25) is 0 Å². The van der Waals surface area contributed by atoms with E-state index in [9.17, 15) is 0 Å². The second-order valence-corrected chi connectivity index (χ2v) is 7.18. The van der Waals surface area contributed by atoms with Gasteiger partial charge in [0.1, 0.15) is 5.65 Å². The molecule has 0 aliphatic heterocycles. The molecular weight excluding hydrogens is 326 g/mol. The van der Waals surface area contributed by atoms with Gasteiger partial charge in [0.2, 0.25) is 0 Å². The van der Waals surface area contributed by atoms with Crippen molar-refractivity contribution in [2.24, 2.45) is 7.05 Å². The summed E-state index contributed by atoms with van der Waals surface area (Å²) in [4.78, 5) is 5.83. The molecule has 0 saturated carbocycles. The molecule has 0 unspecified atom stereocenters. The summed E-state index contributed by atoms with van der Waals surface area (Å²) in [6, 6.07) is 8.21. The zero-order chi connectivity index (χ0) is 15.8. The van der Waals surface area contributed by atoms with Crippen LogP contribution in [0.3, 0.4) is 0 Å². The summed E-state index contributed by atoms with van der Waals surface area (Å²) in [5.74, 6) is 1.69. The quantitative estimate of drug-likeness (QED) is 0.530. The molecule has 0 aromatic carbocycles. The first-order chi connectivity index (χ1) is 11.2. The zero-order valence-electron chi connectivity index (χ0n) is 12.8. The second-order valence-electron chi connectivity index (χ2n) is 5.29. The Labute approximate surface area is 142 Å². The van der Waals surface area contributed by atoms with Gasteiger partial charge in [0.15, 0.2) is 11.0 Å². The van der Waals surface area contributed by atoms with Gasteiger partial charge in [-0.1, -0.05) is 23.9 Å². The fraction of sp³-hybridized carbons (Fsp3) is 0.188. The van der Waals surface area contributed by atoms with Gasteiger partial charge in [0.25, 0.3) is 0 Å². The lowest BCUT2D eigenvalue weighted by atomic mass is 10.3. The number of aryl methyl sites for hydroxylation is 1. The highest BCUT2D eigenvalue weighted by Gasteiger charge is 2.13. The van der Waals surface area contributed by atoms with Crippen LogP contribution in [0.25, 0.3) is 16.3 Å². The van der Waals surface area contributed by atoms with Gasteiger partial charge in [-0.05, 0) is 30.0 Å². The van der Waals surface area contributed by atoms with Crippen LogP contribution in [-0.4, -0.2) is 24.1 Å². The highest BCUT2D eigenvalue weighted by Crippen LogP contribution is 2.27. The second kappa shape index (κ2) is 5.82. The Hall–Kier alpha value is -2.12. The fourth-order valence-electron chi connectivity index (χ4n) is 2.47. The van der Waals surface area contributed by atoms with Crippen molar-refractivity contribution in [3.63, 3.8) is 0 Å². The first-order valence-electron chi connectivity index (χ1n) is 7.21. The molecule has 0 bridgehead atoms. The lowest BCUT2D eigenvalue weighted by Crippen LogP contribution is -1.94. The first-order valence-corrected chi connectivity index (χ1v) is 9.08. The average molecular weight is 341 g/mol. The third kappa shape index (κ3) is 2.66. The van der Waals surface area contributed by atoms with Crippen LogP contribution < -0.4 is 0 Å². The monoisotopic (exact) mass is 341 g/mol. The minimum absolute atomic E-state index is 0.775. The number of rotatable bonds is 4. The Bertz CT molecular complexity index is 952. The number of nitrogens with zero attached hydrogens (tertiary/aromatic N) is 5. The minimum atomic E-state index is 0.775. The van der Waals surface area contributed by atoms with Crippen molar-refractivity contribution in [2.45, 2.75) is 17.8 Å². The van der Waals surface area contributed by atoms with Crippen molar-refractivity contribution >= 4 is 28.7 Å². The van der Waals surface area contributed by atoms with E-state index >= 15 is 0 Å². The molecule has 0 N–H and O–H groups in total. The van der Waals surface area contributed by atoms with Crippen molar-refractivity contribution in [1.29, 1.82) is 0 Å². The summed E-state index contributed by atoms with van der Waals surface area (Å²) in [5, 5.41) is 11.6. The van der Waals surface area contributed by atoms with E-state index in [4.69, 9.17) is 4.98 Å². The lowest BCUT2D eigenvalue weighted by molar-refractivity contribution is 0.794. The maximum absolute atomic E-state index is 4.70. The molecule has 23 heavy (non-hydrogen) atoms. The third-order valence-electron chi connectivity index (χ3n) is 3.65. The Morgan fingerprint density at radius 2 is 2.13 bits per heavy atom. The largest absolute Gasteiger partial charge is 0.307 e. The maximum atomic E-state index is 4.70. The van der Waals surface area contributed by atoms with Crippen molar-refractivity contribution in [1.82, 2.24) is 24.1 Å². The molecule has 4 aromatic rings. The molecule has 0 aliphatic rings. The summed E-state index contributed by atoms with van der Waals surface area (Å²) in [6.07, 6.45) is 4.10. The summed E-state index contributed by atoms with van der Waals surface area (Å²) < 4.78 is 4.11. The Morgan fingerprint density at radius 3 is 2.91 bits per heavy atom. The van der Waals surface area contributed by atoms with Gasteiger partial charge in [0, 0.05) is 25.2 Å². The van der Waals surface area contributed by atoms with Crippen LogP contribution in [0.2, 0.25) is 0 Å². The molecule has 0 aliphatic carbocycles. The lowest BCUT2D eigenvalue weighted by Gasteiger charge is -2.01. The van der Waals surface area contributed by atoms with Crippen molar-refractivity contribution in [3.05, 3.63) is 53.3 Å². The summed E-state index contributed by atoms with van der Waals surface area (Å²) in [6.45, 7) is 2.08. The van der Waals surface area contributed by atoms with Gasteiger partial charge in [-0.25, -0.2) is 4.98 Å². The minimum Gasteiger partial charge on any atom is -0.307 e. The number of pyridine rings is 1. The van der Waals surface area contributed by atoms with Gasteiger partial charge >= 0.3 is 0 Å². The Balaban J connectivity index is 1.56. The zero-order valence-corrected chi connectivity index (χ0v) is 14.4. The number of hydrogen-bond donors (Lipinski definition) is 0. The number of thioether (sulfide) groups is 1. The molecule has 4 heterocycles. The predicted octanol–water partition coefficient (Wildman–Crippen LogP) is 3.79.